The molecular formula is C13H18BrClO2. The predicted octanol–water partition coefficient (Wildman–Crippen LogP) is 3.42. The third-order valence-electron chi connectivity index (χ3n) is 3.03. The van der Waals surface area contributed by atoms with Gasteiger partial charge in [0.05, 0.1) is 13.2 Å². The van der Waals surface area contributed by atoms with Gasteiger partial charge in [-0.1, -0.05) is 46.9 Å². The summed E-state index contributed by atoms with van der Waals surface area (Å²) in [4.78, 5) is 0. The first-order chi connectivity index (χ1) is 8.06. The number of rotatable bonds is 6. The van der Waals surface area contributed by atoms with Crippen molar-refractivity contribution in [2.24, 2.45) is 5.41 Å². The largest absolute Gasteiger partial charge is 0.396 e. The SMILES string of the molecule is CCCC(CO)(CO)Cc1ccc(Br)cc1Cl. The average molecular weight is 322 g/mol. The van der Waals surface area contributed by atoms with Gasteiger partial charge in [-0.25, -0.2) is 0 Å². The highest BCUT2D eigenvalue weighted by Gasteiger charge is 2.28. The average Bonchev–Trinajstić information content (AvgIpc) is 2.32. The Morgan fingerprint density at radius 3 is 2.41 bits per heavy atom. The Morgan fingerprint density at radius 2 is 1.94 bits per heavy atom. The van der Waals surface area contributed by atoms with Gasteiger partial charge in [-0.05, 0) is 30.5 Å². The number of aliphatic hydroxyl groups excluding tert-OH is 2. The van der Waals surface area contributed by atoms with Crippen molar-refractivity contribution in [2.45, 2.75) is 26.2 Å². The van der Waals surface area contributed by atoms with Gasteiger partial charge in [-0.3, -0.25) is 0 Å². The number of aliphatic hydroxyl groups is 2. The van der Waals surface area contributed by atoms with Gasteiger partial charge in [0.15, 0.2) is 0 Å². The van der Waals surface area contributed by atoms with Gasteiger partial charge in [0.1, 0.15) is 0 Å². The quantitative estimate of drug-likeness (QED) is 0.843. The fourth-order valence-corrected chi connectivity index (χ4v) is 2.75. The summed E-state index contributed by atoms with van der Waals surface area (Å²) in [6.07, 6.45) is 2.31. The molecule has 2 nitrogen and oxygen atoms in total. The molecule has 0 saturated heterocycles. The lowest BCUT2D eigenvalue weighted by Crippen LogP contribution is -2.32. The van der Waals surface area contributed by atoms with E-state index in [1.54, 1.807) is 0 Å². The van der Waals surface area contributed by atoms with Crippen molar-refractivity contribution in [2.75, 3.05) is 13.2 Å². The Kier molecular flexibility index (Phi) is 5.93. The molecule has 0 aliphatic rings. The van der Waals surface area contributed by atoms with Crippen molar-refractivity contribution in [1.29, 1.82) is 0 Å². The van der Waals surface area contributed by atoms with Crippen molar-refractivity contribution in [3.63, 3.8) is 0 Å². The molecule has 0 saturated carbocycles. The van der Waals surface area contributed by atoms with E-state index in [0.29, 0.717) is 11.4 Å². The zero-order valence-electron chi connectivity index (χ0n) is 9.92. The van der Waals surface area contributed by atoms with Crippen LogP contribution in [0.3, 0.4) is 0 Å². The third-order valence-corrected chi connectivity index (χ3v) is 3.88. The van der Waals surface area contributed by atoms with Crippen molar-refractivity contribution in [3.8, 4) is 0 Å². The maximum Gasteiger partial charge on any atom is 0.0512 e. The number of hydrogen-bond acceptors (Lipinski definition) is 2. The topological polar surface area (TPSA) is 40.5 Å². The second-order valence-electron chi connectivity index (χ2n) is 4.48. The van der Waals surface area contributed by atoms with Gasteiger partial charge in [0.2, 0.25) is 0 Å². The predicted molar refractivity (Wildman–Crippen MR) is 74.4 cm³/mol. The lowest BCUT2D eigenvalue weighted by atomic mass is 9.79. The lowest BCUT2D eigenvalue weighted by molar-refractivity contribution is 0.0466. The minimum atomic E-state index is -0.466. The van der Waals surface area contributed by atoms with Crippen LogP contribution >= 0.6 is 27.5 Å². The van der Waals surface area contributed by atoms with Crippen LogP contribution < -0.4 is 0 Å². The number of benzene rings is 1. The van der Waals surface area contributed by atoms with Crippen molar-refractivity contribution in [1.82, 2.24) is 0 Å². The molecule has 0 radical (unpaired) electrons. The molecule has 2 N–H and O–H groups in total. The molecule has 0 aliphatic heterocycles. The van der Waals surface area contributed by atoms with Crippen LogP contribution in [0.25, 0.3) is 0 Å². The molecule has 4 heteroatoms. The highest BCUT2D eigenvalue weighted by atomic mass is 79.9. The molecule has 0 amide bonds. The highest BCUT2D eigenvalue weighted by molar-refractivity contribution is 9.10. The first-order valence-corrected chi connectivity index (χ1v) is 6.89. The Labute approximate surface area is 116 Å². The first-order valence-electron chi connectivity index (χ1n) is 5.72. The maximum absolute atomic E-state index is 9.50. The van der Waals surface area contributed by atoms with E-state index >= 15 is 0 Å². The molecule has 0 spiro atoms. The van der Waals surface area contributed by atoms with Crippen LogP contribution in [0, 0.1) is 5.41 Å². The maximum atomic E-state index is 9.50. The lowest BCUT2D eigenvalue weighted by Gasteiger charge is -2.30. The van der Waals surface area contributed by atoms with E-state index in [1.165, 1.54) is 0 Å². The number of hydrogen-bond donors (Lipinski definition) is 2. The van der Waals surface area contributed by atoms with Gasteiger partial charge in [-0.2, -0.15) is 0 Å². The van der Waals surface area contributed by atoms with Gasteiger partial charge in [0.25, 0.3) is 0 Å². The second-order valence-corrected chi connectivity index (χ2v) is 5.80. The molecule has 96 valence electrons. The molecule has 0 aromatic heterocycles. The normalized spacial score (nSPS) is 11.8. The van der Waals surface area contributed by atoms with Crippen LogP contribution in [0.2, 0.25) is 5.02 Å². The van der Waals surface area contributed by atoms with E-state index in [-0.39, 0.29) is 13.2 Å². The standard InChI is InChI=1S/C13H18BrClO2/c1-2-5-13(8-16,9-17)7-10-3-4-11(14)6-12(10)15/h3-4,6,16-17H,2,5,7-9H2,1H3. The summed E-state index contributed by atoms with van der Waals surface area (Å²) in [5.41, 5.74) is 0.498. The zero-order valence-corrected chi connectivity index (χ0v) is 12.3. The summed E-state index contributed by atoms with van der Waals surface area (Å²) >= 11 is 9.51. The summed E-state index contributed by atoms with van der Waals surface area (Å²) in [5.74, 6) is 0. The fourth-order valence-electron chi connectivity index (χ4n) is 2.01. The highest BCUT2D eigenvalue weighted by Crippen LogP contribution is 2.32. The molecule has 0 fully saturated rings. The fraction of sp³-hybridized carbons (Fsp3) is 0.538. The van der Waals surface area contributed by atoms with Crippen LogP contribution in [0.1, 0.15) is 25.3 Å². The Bertz CT molecular complexity index is 364. The van der Waals surface area contributed by atoms with E-state index in [9.17, 15) is 10.2 Å². The van der Waals surface area contributed by atoms with Gasteiger partial charge < -0.3 is 10.2 Å². The van der Waals surface area contributed by atoms with Crippen molar-refractivity contribution < 1.29 is 10.2 Å². The molecule has 1 aromatic carbocycles. The Hall–Kier alpha value is -0.0900. The second kappa shape index (κ2) is 6.74. The van der Waals surface area contributed by atoms with E-state index in [0.717, 1.165) is 22.9 Å². The van der Waals surface area contributed by atoms with Crippen LogP contribution in [0.5, 0.6) is 0 Å². The van der Waals surface area contributed by atoms with E-state index < -0.39 is 5.41 Å². The zero-order chi connectivity index (χ0) is 12.9. The van der Waals surface area contributed by atoms with Gasteiger partial charge >= 0.3 is 0 Å². The van der Waals surface area contributed by atoms with Crippen LogP contribution in [0.15, 0.2) is 22.7 Å². The summed E-state index contributed by atoms with van der Waals surface area (Å²) in [5, 5.41) is 19.7. The molecule has 17 heavy (non-hydrogen) atoms. The Balaban J connectivity index is 2.92. The first kappa shape index (κ1) is 15.0. The molecule has 0 bridgehead atoms. The third kappa shape index (κ3) is 3.95. The molecule has 0 heterocycles. The van der Waals surface area contributed by atoms with E-state index in [4.69, 9.17) is 11.6 Å². The van der Waals surface area contributed by atoms with Crippen LogP contribution in [-0.2, 0) is 6.42 Å². The smallest absolute Gasteiger partial charge is 0.0512 e. The molecule has 0 aliphatic carbocycles. The van der Waals surface area contributed by atoms with Gasteiger partial charge in [0, 0.05) is 14.9 Å². The summed E-state index contributed by atoms with van der Waals surface area (Å²) in [7, 11) is 0. The molecule has 0 unspecified atom stereocenters. The summed E-state index contributed by atoms with van der Waals surface area (Å²) < 4.78 is 0.931. The summed E-state index contributed by atoms with van der Waals surface area (Å²) in [6, 6.07) is 5.69. The minimum Gasteiger partial charge on any atom is -0.396 e. The molecule has 0 atom stereocenters. The van der Waals surface area contributed by atoms with E-state index in [2.05, 4.69) is 15.9 Å². The minimum absolute atomic E-state index is 0.0241. The number of halogens is 2. The van der Waals surface area contributed by atoms with Gasteiger partial charge in [-0.15, -0.1) is 0 Å². The van der Waals surface area contributed by atoms with Crippen LogP contribution in [0.4, 0.5) is 0 Å². The van der Waals surface area contributed by atoms with Crippen LogP contribution in [-0.4, -0.2) is 23.4 Å². The van der Waals surface area contributed by atoms with Crippen molar-refractivity contribution in [3.05, 3.63) is 33.3 Å². The molecule has 1 aromatic rings. The van der Waals surface area contributed by atoms with Crippen molar-refractivity contribution >= 4 is 27.5 Å². The van der Waals surface area contributed by atoms with E-state index in [1.807, 2.05) is 25.1 Å². The molecular weight excluding hydrogens is 303 g/mol. The monoisotopic (exact) mass is 320 g/mol. The molecule has 1 rings (SSSR count). The summed E-state index contributed by atoms with van der Waals surface area (Å²) in [6.45, 7) is 2.00. The Morgan fingerprint density at radius 1 is 1.29 bits per heavy atom.